The van der Waals surface area contributed by atoms with Gasteiger partial charge in [0, 0.05) is 17.4 Å². The standard InChI is InChI=1S/C25H21N9O/c1-4-16-9-8-12-19-20(16)25(35)34(17-10-6-5-7-11-17)24(29-19)15(2)28-22-21(18(26)13-14-27-22)23-30-32-33(3)31-23/h1,5-15H,2-3H3,(H3,26,27,28)/t15-/m0/s1. The number of fused-ring (bicyclic) bond motifs is 1. The number of anilines is 2. The van der Waals surface area contributed by atoms with Gasteiger partial charge < -0.3 is 11.1 Å². The third kappa shape index (κ3) is 3.85. The first-order valence-electron chi connectivity index (χ1n) is 10.8. The Labute approximate surface area is 200 Å². The van der Waals surface area contributed by atoms with Crippen molar-refractivity contribution >= 4 is 22.4 Å². The number of terminal acetylenes is 1. The molecular weight excluding hydrogens is 442 g/mol. The number of nitrogens with one attached hydrogen (secondary N) is 1. The molecule has 1 atom stereocenters. The molecular formula is C25H21N9O. The topological polar surface area (TPSA) is 129 Å². The maximum absolute atomic E-state index is 13.8. The molecule has 10 heteroatoms. The van der Waals surface area contributed by atoms with Crippen LogP contribution in [-0.4, -0.2) is 34.7 Å². The number of tetrazole rings is 1. The van der Waals surface area contributed by atoms with Crippen molar-refractivity contribution in [2.45, 2.75) is 13.0 Å². The average Bonchev–Trinajstić information content (AvgIpc) is 3.29. The lowest BCUT2D eigenvalue weighted by atomic mass is 10.1. The Morgan fingerprint density at radius 3 is 2.63 bits per heavy atom. The fourth-order valence-corrected chi connectivity index (χ4v) is 3.96. The van der Waals surface area contributed by atoms with E-state index in [2.05, 4.69) is 31.6 Å². The van der Waals surface area contributed by atoms with E-state index >= 15 is 0 Å². The number of nitrogens with zero attached hydrogens (tertiary/aromatic N) is 7. The average molecular weight is 464 g/mol. The van der Waals surface area contributed by atoms with Gasteiger partial charge in [0.15, 0.2) is 0 Å². The van der Waals surface area contributed by atoms with Crippen LogP contribution in [0.4, 0.5) is 11.5 Å². The van der Waals surface area contributed by atoms with Crippen molar-refractivity contribution in [1.29, 1.82) is 0 Å². The van der Waals surface area contributed by atoms with E-state index in [0.717, 1.165) is 0 Å². The molecule has 0 saturated heterocycles. The van der Waals surface area contributed by atoms with Crippen LogP contribution in [-0.2, 0) is 7.05 Å². The molecule has 0 radical (unpaired) electrons. The Balaban J connectivity index is 1.69. The number of benzene rings is 2. The van der Waals surface area contributed by atoms with Crippen molar-refractivity contribution < 1.29 is 0 Å². The summed E-state index contributed by atoms with van der Waals surface area (Å²) in [7, 11) is 1.67. The Hall–Kier alpha value is -5.04. The van der Waals surface area contributed by atoms with Gasteiger partial charge in [0.25, 0.3) is 5.56 Å². The number of hydrogen-bond acceptors (Lipinski definition) is 8. The number of nitrogens with two attached hydrogens (primary N) is 1. The minimum absolute atomic E-state index is 0.255. The van der Waals surface area contributed by atoms with Crippen LogP contribution in [0.1, 0.15) is 24.4 Å². The summed E-state index contributed by atoms with van der Waals surface area (Å²) in [6, 6.07) is 15.8. The first-order valence-corrected chi connectivity index (χ1v) is 10.8. The molecule has 172 valence electrons. The van der Waals surface area contributed by atoms with Gasteiger partial charge in [-0.3, -0.25) is 9.36 Å². The molecule has 0 bridgehead atoms. The molecule has 0 saturated carbocycles. The second kappa shape index (κ2) is 8.72. The summed E-state index contributed by atoms with van der Waals surface area (Å²) in [6.45, 7) is 1.89. The number of rotatable bonds is 5. The number of aromatic nitrogens is 7. The first kappa shape index (κ1) is 21.8. The van der Waals surface area contributed by atoms with Crippen LogP contribution < -0.4 is 16.6 Å². The Kier molecular flexibility index (Phi) is 5.43. The quantitative estimate of drug-likeness (QED) is 0.381. The van der Waals surface area contributed by atoms with Crippen molar-refractivity contribution in [2.75, 3.05) is 11.1 Å². The largest absolute Gasteiger partial charge is 0.398 e. The highest BCUT2D eigenvalue weighted by Gasteiger charge is 2.22. The molecule has 3 heterocycles. The molecule has 0 unspecified atom stereocenters. The van der Waals surface area contributed by atoms with Crippen LogP contribution in [0.15, 0.2) is 65.6 Å². The summed E-state index contributed by atoms with van der Waals surface area (Å²) in [5.41, 5.74) is 8.60. The number of nitrogen functional groups attached to an aromatic ring is 1. The van der Waals surface area contributed by atoms with Crippen molar-refractivity contribution in [3.05, 3.63) is 82.5 Å². The van der Waals surface area contributed by atoms with Gasteiger partial charge in [-0.05, 0) is 42.5 Å². The highest BCUT2D eigenvalue weighted by molar-refractivity contribution is 5.85. The molecule has 0 amide bonds. The van der Waals surface area contributed by atoms with Gasteiger partial charge in [0.1, 0.15) is 11.6 Å². The van der Waals surface area contributed by atoms with Crippen molar-refractivity contribution in [3.8, 4) is 29.4 Å². The molecule has 0 aliphatic heterocycles. The van der Waals surface area contributed by atoms with Gasteiger partial charge in [-0.25, -0.2) is 9.97 Å². The smallest absolute Gasteiger partial charge is 0.267 e. The van der Waals surface area contributed by atoms with Crippen LogP contribution in [0.2, 0.25) is 0 Å². The molecule has 10 nitrogen and oxygen atoms in total. The number of aryl methyl sites for hydroxylation is 1. The highest BCUT2D eigenvalue weighted by atomic mass is 16.1. The van der Waals surface area contributed by atoms with Crippen LogP contribution in [0.5, 0.6) is 0 Å². The Bertz CT molecular complexity index is 1650. The summed E-state index contributed by atoms with van der Waals surface area (Å²) in [4.78, 5) is 24.4. The lowest BCUT2D eigenvalue weighted by Crippen LogP contribution is -2.28. The van der Waals surface area contributed by atoms with E-state index in [0.29, 0.717) is 50.9 Å². The molecule has 35 heavy (non-hydrogen) atoms. The summed E-state index contributed by atoms with van der Waals surface area (Å²) in [5, 5.41) is 16.0. The van der Waals surface area contributed by atoms with Crippen LogP contribution in [0, 0.1) is 12.3 Å². The Morgan fingerprint density at radius 2 is 1.91 bits per heavy atom. The van der Waals surface area contributed by atoms with E-state index in [9.17, 15) is 4.79 Å². The fourth-order valence-electron chi connectivity index (χ4n) is 3.96. The summed E-state index contributed by atoms with van der Waals surface area (Å²) < 4.78 is 1.56. The SMILES string of the molecule is C#Cc1cccc2nc([C@H](C)Nc3nccc(N)c3-c3nnn(C)n3)n(-c3ccccc3)c(=O)c12. The summed E-state index contributed by atoms with van der Waals surface area (Å²) in [5.74, 6) is 3.85. The van der Waals surface area contributed by atoms with Crippen LogP contribution in [0.25, 0.3) is 28.0 Å². The maximum Gasteiger partial charge on any atom is 0.267 e. The third-order valence-corrected chi connectivity index (χ3v) is 5.55. The van der Waals surface area contributed by atoms with Crippen molar-refractivity contribution in [1.82, 2.24) is 34.7 Å². The molecule has 3 N–H and O–H groups in total. The zero-order valence-electron chi connectivity index (χ0n) is 19.0. The fraction of sp³-hybridized carbons (Fsp3) is 0.120. The minimum Gasteiger partial charge on any atom is -0.398 e. The van der Waals surface area contributed by atoms with Gasteiger partial charge in [-0.2, -0.15) is 4.80 Å². The predicted molar refractivity (Wildman–Crippen MR) is 134 cm³/mol. The zero-order chi connectivity index (χ0) is 24.5. The van der Waals surface area contributed by atoms with Gasteiger partial charge in [0.2, 0.25) is 5.82 Å². The van der Waals surface area contributed by atoms with E-state index in [1.807, 2.05) is 37.3 Å². The van der Waals surface area contributed by atoms with Gasteiger partial charge in [-0.1, -0.05) is 30.2 Å². The number of pyridine rings is 1. The lowest BCUT2D eigenvalue weighted by molar-refractivity contribution is 0.630. The minimum atomic E-state index is -0.466. The zero-order valence-corrected chi connectivity index (χ0v) is 19.0. The normalized spacial score (nSPS) is 11.8. The predicted octanol–water partition coefficient (Wildman–Crippen LogP) is 2.71. The lowest BCUT2D eigenvalue weighted by Gasteiger charge is -2.21. The monoisotopic (exact) mass is 463 g/mol. The van der Waals surface area contributed by atoms with Gasteiger partial charge >= 0.3 is 0 Å². The number of hydrogen-bond donors (Lipinski definition) is 2. The molecule has 0 spiro atoms. The summed E-state index contributed by atoms with van der Waals surface area (Å²) >= 11 is 0. The van der Waals surface area contributed by atoms with Crippen molar-refractivity contribution in [3.63, 3.8) is 0 Å². The van der Waals surface area contributed by atoms with Gasteiger partial charge in [-0.15, -0.1) is 16.6 Å². The number of para-hydroxylation sites is 1. The van der Waals surface area contributed by atoms with Gasteiger partial charge in [0.05, 0.1) is 35.2 Å². The molecule has 3 aromatic heterocycles. The third-order valence-electron chi connectivity index (χ3n) is 5.55. The van der Waals surface area contributed by atoms with Crippen molar-refractivity contribution in [2.24, 2.45) is 7.05 Å². The first-order chi connectivity index (χ1) is 17.0. The molecule has 0 aliphatic rings. The Morgan fingerprint density at radius 1 is 1.11 bits per heavy atom. The van der Waals surface area contributed by atoms with E-state index < -0.39 is 6.04 Å². The van der Waals surface area contributed by atoms with E-state index in [4.69, 9.17) is 17.1 Å². The second-order valence-electron chi connectivity index (χ2n) is 7.88. The highest BCUT2D eigenvalue weighted by Crippen LogP contribution is 2.31. The van der Waals surface area contributed by atoms with Crippen LogP contribution >= 0.6 is 0 Å². The summed E-state index contributed by atoms with van der Waals surface area (Å²) in [6.07, 6.45) is 7.27. The van der Waals surface area contributed by atoms with Crippen LogP contribution in [0.3, 0.4) is 0 Å². The second-order valence-corrected chi connectivity index (χ2v) is 7.88. The molecule has 5 aromatic rings. The van der Waals surface area contributed by atoms with E-state index in [1.165, 1.54) is 4.80 Å². The molecule has 5 rings (SSSR count). The molecule has 0 fully saturated rings. The maximum atomic E-state index is 13.8. The van der Waals surface area contributed by atoms with E-state index in [-0.39, 0.29) is 5.56 Å². The molecule has 0 aliphatic carbocycles. The van der Waals surface area contributed by atoms with E-state index in [1.54, 1.807) is 42.1 Å². The molecule has 2 aromatic carbocycles.